The third kappa shape index (κ3) is 3.46. The molecule has 1 aromatic rings. The van der Waals surface area contributed by atoms with E-state index in [2.05, 4.69) is 23.9 Å². The number of hydrogen-bond acceptors (Lipinski definition) is 3. The molecular formula is C15H23Cl2N3. The topological polar surface area (TPSA) is 32.5 Å². The maximum atomic E-state index is 6.33. The number of benzene rings is 1. The smallest absolute Gasteiger partial charge is 0.0499 e. The third-order valence-electron chi connectivity index (χ3n) is 4.31. The highest BCUT2D eigenvalue weighted by Gasteiger charge is 2.28. The second kappa shape index (κ2) is 7.10. The molecule has 1 aromatic carbocycles. The lowest BCUT2D eigenvalue weighted by Gasteiger charge is -2.39. The lowest BCUT2D eigenvalue weighted by molar-refractivity contribution is 0.109. The Morgan fingerprint density at radius 1 is 1.30 bits per heavy atom. The molecule has 0 spiro atoms. The van der Waals surface area contributed by atoms with E-state index in [1.165, 1.54) is 0 Å². The summed E-state index contributed by atoms with van der Waals surface area (Å²) in [6.07, 6.45) is 2.32. The van der Waals surface area contributed by atoms with Crippen molar-refractivity contribution in [1.82, 2.24) is 9.80 Å². The number of nitrogens with two attached hydrogens (primary N) is 1. The summed E-state index contributed by atoms with van der Waals surface area (Å²) in [6, 6.07) is 6.25. The summed E-state index contributed by atoms with van der Waals surface area (Å²) in [5.41, 5.74) is 6.97. The van der Waals surface area contributed by atoms with Gasteiger partial charge in [-0.1, -0.05) is 29.3 Å². The van der Waals surface area contributed by atoms with Gasteiger partial charge in [0.1, 0.15) is 0 Å². The number of nitrogens with zero attached hydrogens (tertiary/aromatic N) is 2. The zero-order chi connectivity index (χ0) is 14.7. The molecule has 1 atom stereocenters. The van der Waals surface area contributed by atoms with Gasteiger partial charge >= 0.3 is 0 Å². The summed E-state index contributed by atoms with van der Waals surface area (Å²) >= 11 is 12.7. The first kappa shape index (κ1) is 16.1. The summed E-state index contributed by atoms with van der Waals surface area (Å²) in [5.74, 6) is 0. The van der Waals surface area contributed by atoms with Crippen molar-refractivity contribution in [2.45, 2.75) is 24.9 Å². The number of piperidine rings is 1. The summed E-state index contributed by atoms with van der Waals surface area (Å²) in [4.78, 5) is 4.71. The Hall–Kier alpha value is -0.320. The molecule has 0 aromatic heterocycles. The Labute approximate surface area is 131 Å². The predicted octanol–water partition coefficient (Wildman–Crippen LogP) is 3.02. The number of rotatable bonds is 4. The predicted molar refractivity (Wildman–Crippen MR) is 86.5 cm³/mol. The minimum Gasteiger partial charge on any atom is -0.329 e. The molecule has 1 fully saturated rings. The van der Waals surface area contributed by atoms with Crippen LogP contribution in [0.5, 0.6) is 0 Å². The van der Waals surface area contributed by atoms with Gasteiger partial charge in [-0.05, 0) is 52.2 Å². The van der Waals surface area contributed by atoms with Crippen molar-refractivity contribution in [3.05, 3.63) is 33.8 Å². The van der Waals surface area contributed by atoms with Gasteiger partial charge in [-0.3, -0.25) is 4.90 Å². The fourth-order valence-electron chi connectivity index (χ4n) is 2.97. The molecular weight excluding hydrogens is 293 g/mol. The van der Waals surface area contributed by atoms with E-state index in [4.69, 9.17) is 28.9 Å². The molecule has 1 aliphatic heterocycles. The molecule has 0 aliphatic carbocycles. The van der Waals surface area contributed by atoms with Gasteiger partial charge in [-0.2, -0.15) is 0 Å². The highest BCUT2D eigenvalue weighted by atomic mass is 35.5. The van der Waals surface area contributed by atoms with Crippen LogP contribution in [0.2, 0.25) is 10.0 Å². The average molecular weight is 316 g/mol. The first-order valence-corrected chi connectivity index (χ1v) is 7.84. The second-order valence-corrected chi connectivity index (χ2v) is 6.40. The molecule has 0 saturated carbocycles. The summed E-state index contributed by atoms with van der Waals surface area (Å²) in [7, 11) is 4.30. The van der Waals surface area contributed by atoms with Crippen molar-refractivity contribution in [1.29, 1.82) is 0 Å². The Bertz CT molecular complexity index is 424. The number of hydrogen-bond donors (Lipinski definition) is 1. The zero-order valence-electron chi connectivity index (χ0n) is 12.1. The first-order chi connectivity index (χ1) is 9.54. The van der Waals surface area contributed by atoms with Crippen molar-refractivity contribution in [3.8, 4) is 0 Å². The van der Waals surface area contributed by atoms with Crippen LogP contribution >= 0.6 is 23.2 Å². The number of likely N-dealkylation sites (tertiary alicyclic amines) is 1. The SMILES string of the molecule is CN1CCC(N(C)C(CN)c2c(Cl)cccc2Cl)CC1. The van der Waals surface area contributed by atoms with E-state index in [0.29, 0.717) is 22.6 Å². The molecule has 112 valence electrons. The van der Waals surface area contributed by atoms with E-state index < -0.39 is 0 Å². The van der Waals surface area contributed by atoms with Gasteiger partial charge in [0.05, 0.1) is 0 Å². The fraction of sp³-hybridized carbons (Fsp3) is 0.600. The quantitative estimate of drug-likeness (QED) is 0.927. The minimum absolute atomic E-state index is 0.0737. The maximum absolute atomic E-state index is 6.33. The highest BCUT2D eigenvalue weighted by Crippen LogP contribution is 2.34. The van der Waals surface area contributed by atoms with Crippen molar-refractivity contribution >= 4 is 23.2 Å². The van der Waals surface area contributed by atoms with Crippen molar-refractivity contribution in [3.63, 3.8) is 0 Å². The molecule has 5 heteroatoms. The van der Waals surface area contributed by atoms with E-state index >= 15 is 0 Å². The van der Waals surface area contributed by atoms with Crippen LogP contribution in [0.3, 0.4) is 0 Å². The van der Waals surface area contributed by atoms with Crippen molar-refractivity contribution in [2.24, 2.45) is 5.73 Å². The number of halogens is 2. The summed E-state index contributed by atoms with van der Waals surface area (Å²) < 4.78 is 0. The highest BCUT2D eigenvalue weighted by molar-refractivity contribution is 6.36. The molecule has 0 radical (unpaired) electrons. The van der Waals surface area contributed by atoms with Crippen LogP contribution in [-0.2, 0) is 0 Å². The average Bonchev–Trinajstić information content (AvgIpc) is 2.43. The van der Waals surface area contributed by atoms with Crippen LogP contribution < -0.4 is 5.73 Å². The van der Waals surface area contributed by atoms with E-state index in [0.717, 1.165) is 31.5 Å². The van der Waals surface area contributed by atoms with Crippen LogP contribution in [0.1, 0.15) is 24.4 Å². The van der Waals surface area contributed by atoms with Gasteiger partial charge in [0.25, 0.3) is 0 Å². The van der Waals surface area contributed by atoms with Crippen LogP contribution in [-0.4, -0.2) is 49.6 Å². The fourth-order valence-corrected chi connectivity index (χ4v) is 3.62. The molecule has 3 nitrogen and oxygen atoms in total. The van der Waals surface area contributed by atoms with Gasteiger partial charge < -0.3 is 10.6 Å². The lowest BCUT2D eigenvalue weighted by atomic mass is 9.98. The van der Waals surface area contributed by atoms with Crippen LogP contribution in [0.15, 0.2) is 18.2 Å². The Kier molecular flexibility index (Phi) is 5.70. The number of likely N-dealkylation sites (N-methyl/N-ethyl adjacent to an activating group) is 1. The molecule has 20 heavy (non-hydrogen) atoms. The second-order valence-electron chi connectivity index (χ2n) is 5.59. The Morgan fingerprint density at radius 2 is 1.85 bits per heavy atom. The molecule has 1 unspecified atom stereocenters. The third-order valence-corrected chi connectivity index (χ3v) is 4.97. The maximum Gasteiger partial charge on any atom is 0.0499 e. The normalized spacial score (nSPS) is 19.5. The molecule has 0 bridgehead atoms. The van der Waals surface area contributed by atoms with Crippen molar-refractivity contribution in [2.75, 3.05) is 33.7 Å². The van der Waals surface area contributed by atoms with E-state index in [1.807, 2.05) is 18.2 Å². The van der Waals surface area contributed by atoms with Gasteiger partial charge in [-0.15, -0.1) is 0 Å². The van der Waals surface area contributed by atoms with Crippen LogP contribution in [0.4, 0.5) is 0 Å². The van der Waals surface area contributed by atoms with Crippen molar-refractivity contribution < 1.29 is 0 Å². The molecule has 0 amide bonds. The van der Waals surface area contributed by atoms with E-state index in [9.17, 15) is 0 Å². The summed E-state index contributed by atoms with van der Waals surface area (Å²) in [6.45, 7) is 2.78. The molecule has 2 N–H and O–H groups in total. The largest absolute Gasteiger partial charge is 0.329 e. The van der Waals surface area contributed by atoms with Crippen LogP contribution in [0, 0.1) is 0 Å². The van der Waals surface area contributed by atoms with Gasteiger partial charge in [0, 0.05) is 34.2 Å². The van der Waals surface area contributed by atoms with Gasteiger partial charge in [-0.25, -0.2) is 0 Å². The Morgan fingerprint density at radius 3 is 2.35 bits per heavy atom. The minimum atomic E-state index is 0.0737. The van der Waals surface area contributed by atoms with Crippen LogP contribution in [0.25, 0.3) is 0 Å². The molecule has 1 heterocycles. The zero-order valence-corrected chi connectivity index (χ0v) is 13.7. The Balaban J connectivity index is 2.19. The lowest BCUT2D eigenvalue weighted by Crippen LogP contribution is -2.45. The van der Waals surface area contributed by atoms with E-state index in [-0.39, 0.29) is 6.04 Å². The standard InChI is InChI=1S/C15H23Cl2N3/c1-19-8-6-11(7-9-19)20(2)14(10-18)15-12(16)4-3-5-13(15)17/h3-5,11,14H,6-10,18H2,1-2H3. The summed E-state index contributed by atoms with van der Waals surface area (Å²) in [5, 5.41) is 1.40. The molecule has 1 aliphatic rings. The van der Waals surface area contributed by atoms with Gasteiger partial charge in [0.2, 0.25) is 0 Å². The van der Waals surface area contributed by atoms with Gasteiger partial charge in [0.15, 0.2) is 0 Å². The first-order valence-electron chi connectivity index (χ1n) is 7.09. The monoisotopic (exact) mass is 315 g/mol. The molecule has 1 saturated heterocycles. The molecule has 2 rings (SSSR count). The van der Waals surface area contributed by atoms with E-state index in [1.54, 1.807) is 0 Å².